The minimum Gasteiger partial charge on any atom is -0.369 e. The van der Waals surface area contributed by atoms with Crippen molar-refractivity contribution in [2.75, 3.05) is 23.7 Å². The maximum Gasteiger partial charge on any atom is 0.270 e. The lowest BCUT2D eigenvalue weighted by Crippen LogP contribution is -2.24. The van der Waals surface area contributed by atoms with Gasteiger partial charge in [0.25, 0.3) is 5.69 Å². The van der Waals surface area contributed by atoms with Gasteiger partial charge in [0.2, 0.25) is 0 Å². The van der Waals surface area contributed by atoms with Crippen molar-refractivity contribution >= 4 is 28.3 Å². The normalized spacial score (nSPS) is 16.1. The summed E-state index contributed by atoms with van der Waals surface area (Å²) in [5.41, 5.74) is 5.55. The van der Waals surface area contributed by atoms with Crippen LogP contribution in [0.4, 0.5) is 17.1 Å². The Hall–Kier alpha value is -3.68. The van der Waals surface area contributed by atoms with Crippen LogP contribution in [0.15, 0.2) is 72.8 Å². The number of fused-ring (bicyclic) bond motifs is 1. The number of nitro benzene ring substituents is 1. The standard InChI is InChI=1S/C28H32N4O3/c1-3-16-31(17-4-2)19-20-10-12-22(13-11-20)29-27(21-8-6-5-7-9-21)26-24-18-23(32(34)35)14-15-25(24)30-28(26)33/h5-15,18,28-30,33H,3-4,16-17,19H2,1-2H3/b27-26-. The molecule has 0 aliphatic carbocycles. The highest BCUT2D eigenvalue weighted by Gasteiger charge is 2.30. The first-order chi connectivity index (χ1) is 17.0. The van der Waals surface area contributed by atoms with E-state index < -0.39 is 11.2 Å². The predicted molar refractivity (Wildman–Crippen MR) is 142 cm³/mol. The Morgan fingerprint density at radius 2 is 1.71 bits per heavy atom. The fourth-order valence-corrected chi connectivity index (χ4v) is 4.53. The van der Waals surface area contributed by atoms with E-state index in [1.165, 1.54) is 17.7 Å². The summed E-state index contributed by atoms with van der Waals surface area (Å²) in [5, 5.41) is 28.8. The summed E-state index contributed by atoms with van der Waals surface area (Å²) in [6, 6.07) is 22.6. The van der Waals surface area contributed by atoms with Gasteiger partial charge in [-0.1, -0.05) is 56.3 Å². The molecule has 0 aromatic heterocycles. The third-order valence-electron chi connectivity index (χ3n) is 6.11. The molecular formula is C28H32N4O3. The van der Waals surface area contributed by atoms with Crippen molar-refractivity contribution in [1.29, 1.82) is 0 Å². The Morgan fingerprint density at radius 1 is 1.03 bits per heavy atom. The topological polar surface area (TPSA) is 90.7 Å². The predicted octanol–water partition coefficient (Wildman–Crippen LogP) is 5.94. The molecule has 7 heteroatoms. The Balaban J connectivity index is 1.69. The molecule has 0 radical (unpaired) electrons. The number of aliphatic hydroxyl groups is 1. The van der Waals surface area contributed by atoms with Crippen LogP contribution in [0.5, 0.6) is 0 Å². The molecule has 0 fully saturated rings. The molecule has 1 aliphatic heterocycles. The van der Waals surface area contributed by atoms with Crippen LogP contribution in [0.1, 0.15) is 43.4 Å². The first kappa shape index (κ1) is 24.4. The molecule has 0 bridgehead atoms. The van der Waals surface area contributed by atoms with Crippen LogP contribution >= 0.6 is 0 Å². The van der Waals surface area contributed by atoms with E-state index in [0.717, 1.165) is 43.7 Å². The highest BCUT2D eigenvalue weighted by Crippen LogP contribution is 2.41. The number of rotatable bonds is 10. The van der Waals surface area contributed by atoms with Crippen molar-refractivity contribution in [3.8, 4) is 0 Å². The Labute approximate surface area is 206 Å². The monoisotopic (exact) mass is 472 g/mol. The van der Waals surface area contributed by atoms with Crippen molar-refractivity contribution in [1.82, 2.24) is 4.90 Å². The van der Waals surface area contributed by atoms with Crippen LogP contribution in [0, 0.1) is 10.1 Å². The van der Waals surface area contributed by atoms with Gasteiger partial charge in [-0.15, -0.1) is 0 Å². The van der Waals surface area contributed by atoms with Crippen molar-refractivity contribution in [2.24, 2.45) is 0 Å². The summed E-state index contributed by atoms with van der Waals surface area (Å²) in [6.45, 7) is 7.47. The minimum atomic E-state index is -0.995. The Bertz CT molecular complexity index is 1190. The number of nitrogens with one attached hydrogen (secondary N) is 2. The second-order valence-corrected chi connectivity index (χ2v) is 8.79. The molecule has 1 atom stereocenters. The number of nitro groups is 1. The SMILES string of the molecule is CCCN(CCC)Cc1ccc(N/C(=C2/c3cc([N+](=O)[O-])ccc3NC2O)c2ccccc2)cc1. The molecule has 1 heterocycles. The third kappa shape index (κ3) is 5.70. The van der Waals surface area contributed by atoms with Gasteiger partial charge in [0.05, 0.1) is 10.6 Å². The second-order valence-electron chi connectivity index (χ2n) is 8.79. The van der Waals surface area contributed by atoms with Crippen LogP contribution in [-0.2, 0) is 6.54 Å². The van der Waals surface area contributed by atoms with Gasteiger partial charge in [0.1, 0.15) is 0 Å². The molecule has 0 spiro atoms. The number of benzene rings is 3. The number of hydrogen-bond donors (Lipinski definition) is 3. The van der Waals surface area contributed by atoms with Crippen LogP contribution in [0.2, 0.25) is 0 Å². The molecule has 3 aromatic rings. The van der Waals surface area contributed by atoms with Crippen LogP contribution in [0.3, 0.4) is 0 Å². The van der Waals surface area contributed by atoms with Crippen LogP contribution in [0.25, 0.3) is 11.3 Å². The lowest BCUT2D eigenvalue weighted by molar-refractivity contribution is -0.384. The number of anilines is 2. The number of hydrogen-bond acceptors (Lipinski definition) is 6. The van der Waals surface area contributed by atoms with Gasteiger partial charge in [-0.25, -0.2) is 0 Å². The van der Waals surface area contributed by atoms with E-state index in [-0.39, 0.29) is 5.69 Å². The first-order valence-electron chi connectivity index (χ1n) is 12.1. The van der Waals surface area contributed by atoms with Crippen molar-refractivity contribution < 1.29 is 10.0 Å². The number of nitrogens with zero attached hydrogens (tertiary/aromatic N) is 2. The van der Waals surface area contributed by atoms with Crippen molar-refractivity contribution in [3.05, 3.63) is 99.6 Å². The van der Waals surface area contributed by atoms with E-state index in [9.17, 15) is 15.2 Å². The van der Waals surface area contributed by atoms with Gasteiger partial charge in [-0.3, -0.25) is 15.0 Å². The zero-order valence-corrected chi connectivity index (χ0v) is 20.2. The van der Waals surface area contributed by atoms with E-state index in [2.05, 4.69) is 41.5 Å². The molecule has 0 amide bonds. The van der Waals surface area contributed by atoms with E-state index in [4.69, 9.17) is 0 Å². The number of aliphatic hydroxyl groups excluding tert-OH is 1. The third-order valence-corrected chi connectivity index (χ3v) is 6.11. The molecule has 1 unspecified atom stereocenters. The zero-order valence-electron chi connectivity index (χ0n) is 20.2. The van der Waals surface area contributed by atoms with Crippen LogP contribution in [-0.4, -0.2) is 34.2 Å². The maximum absolute atomic E-state index is 11.4. The molecule has 0 saturated carbocycles. The van der Waals surface area contributed by atoms with Gasteiger partial charge in [-0.2, -0.15) is 0 Å². The molecule has 35 heavy (non-hydrogen) atoms. The lowest BCUT2D eigenvalue weighted by Gasteiger charge is -2.21. The largest absolute Gasteiger partial charge is 0.369 e. The molecule has 7 nitrogen and oxygen atoms in total. The zero-order chi connectivity index (χ0) is 24.8. The Kier molecular flexibility index (Phi) is 7.80. The number of non-ortho nitro benzene ring substituents is 1. The van der Waals surface area contributed by atoms with E-state index >= 15 is 0 Å². The van der Waals surface area contributed by atoms with Gasteiger partial charge in [-0.05, 0) is 55.3 Å². The van der Waals surface area contributed by atoms with Crippen molar-refractivity contribution in [2.45, 2.75) is 39.5 Å². The smallest absolute Gasteiger partial charge is 0.270 e. The first-order valence-corrected chi connectivity index (χ1v) is 12.1. The highest BCUT2D eigenvalue weighted by atomic mass is 16.6. The van der Waals surface area contributed by atoms with Gasteiger partial charge in [0, 0.05) is 41.2 Å². The second kappa shape index (κ2) is 11.2. The van der Waals surface area contributed by atoms with E-state index in [0.29, 0.717) is 22.5 Å². The van der Waals surface area contributed by atoms with Crippen molar-refractivity contribution in [3.63, 3.8) is 0 Å². The molecule has 4 rings (SSSR count). The highest BCUT2D eigenvalue weighted by molar-refractivity contribution is 6.03. The molecule has 3 aromatic carbocycles. The molecule has 1 aliphatic rings. The average molecular weight is 473 g/mol. The fraction of sp³-hybridized carbons (Fsp3) is 0.286. The summed E-state index contributed by atoms with van der Waals surface area (Å²) in [7, 11) is 0. The quantitative estimate of drug-likeness (QED) is 0.250. The maximum atomic E-state index is 11.4. The average Bonchev–Trinajstić information content (AvgIpc) is 3.19. The Morgan fingerprint density at radius 3 is 2.34 bits per heavy atom. The van der Waals surface area contributed by atoms with E-state index in [1.54, 1.807) is 6.07 Å². The summed E-state index contributed by atoms with van der Waals surface area (Å²) < 4.78 is 0. The summed E-state index contributed by atoms with van der Waals surface area (Å²) in [5.74, 6) is 0. The molecule has 0 saturated heterocycles. The molecular weight excluding hydrogens is 440 g/mol. The fourth-order valence-electron chi connectivity index (χ4n) is 4.53. The van der Waals surface area contributed by atoms with Gasteiger partial charge in [0.15, 0.2) is 6.23 Å². The van der Waals surface area contributed by atoms with Gasteiger partial charge < -0.3 is 15.7 Å². The summed E-state index contributed by atoms with van der Waals surface area (Å²) in [4.78, 5) is 13.4. The van der Waals surface area contributed by atoms with E-state index in [1.807, 2.05) is 42.5 Å². The molecule has 182 valence electrons. The summed E-state index contributed by atoms with van der Waals surface area (Å²) in [6.07, 6.45) is 1.26. The molecule has 3 N–H and O–H groups in total. The van der Waals surface area contributed by atoms with Crippen LogP contribution < -0.4 is 10.6 Å². The van der Waals surface area contributed by atoms with Gasteiger partial charge >= 0.3 is 0 Å². The lowest BCUT2D eigenvalue weighted by atomic mass is 9.99. The summed E-state index contributed by atoms with van der Waals surface area (Å²) >= 11 is 0. The minimum absolute atomic E-state index is 0.0161.